The van der Waals surface area contributed by atoms with E-state index in [1.165, 1.54) is 0 Å². The quantitative estimate of drug-likeness (QED) is 0.154. The summed E-state index contributed by atoms with van der Waals surface area (Å²) in [6.45, 7) is -2.32. The van der Waals surface area contributed by atoms with Crippen LogP contribution in [0, 0.1) is 0 Å². The molecule has 0 amide bonds. The van der Waals surface area contributed by atoms with Crippen LogP contribution in [0.4, 0.5) is 0 Å². The molecule has 0 aromatic heterocycles. The largest absolute Gasteiger partial charge is 0.394 e. The Morgan fingerprint density at radius 3 is 1.35 bits per heavy atom. The van der Waals surface area contributed by atoms with Crippen LogP contribution < -0.4 is 0 Å². The Bertz CT molecular complexity index is 635. The summed E-state index contributed by atoms with van der Waals surface area (Å²) in [5.41, 5.74) is 0. The smallest absolute Gasteiger partial charge is 0.187 e. The van der Waals surface area contributed by atoms with Gasteiger partial charge in [0.05, 0.1) is 19.8 Å². The number of ether oxygens (including phenoxy) is 5. The van der Waals surface area contributed by atoms with E-state index in [1.807, 2.05) is 0 Å². The predicted octanol–water partition coefficient (Wildman–Crippen LogP) is -7.57. The highest BCUT2D eigenvalue weighted by atomic mass is 16.8. The summed E-state index contributed by atoms with van der Waals surface area (Å²) in [6.07, 6.45) is -25.1. The van der Waals surface area contributed by atoms with Crippen molar-refractivity contribution in [3.8, 4) is 0 Å². The summed E-state index contributed by atoms with van der Waals surface area (Å²) in [4.78, 5) is 0. The Morgan fingerprint density at radius 2 is 0.853 bits per heavy atom. The molecule has 0 aromatic rings. The van der Waals surface area contributed by atoms with Gasteiger partial charge in [-0.15, -0.1) is 0 Å². The van der Waals surface area contributed by atoms with Crippen molar-refractivity contribution in [1.82, 2.24) is 0 Å². The number of hydrogen-bond acceptors (Lipinski definition) is 16. The molecule has 0 aromatic carbocycles. The molecule has 0 saturated carbocycles. The van der Waals surface area contributed by atoms with E-state index in [1.54, 1.807) is 0 Å². The van der Waals surface area contributed by atoms with Gasteiger partial charge in [0.15, 0.2) is 18.9 Å². The first-order valence-corrected chi connectivity index (χ1v) is 10.6. The van der Waals surface area contributed by atoms with Crippen LogP contribution in [0.2, 0.25) is 0 Å². The third-order valence-corrected chi connectivity index (χ3v) is 6.09. The number of aliphatic hydroxyl groups excluding tert-OH is 11. The van der Waals surface area contributed by atoms with Crippen molar-refractivity contribution in [1.29, 1.82) is 0 Å². The molecule has 0 bridgehead atoms. The molecule has 34 heavy (non-hydrogen) atoms. The van der Waals surface area contributed by atoms with Crippen LogP contribution in [0.25, 0.3) is 0 Å². The molecule has 3 heterocycles. The van der Waals surface area contributed by atoms with E-state index in [-0.39, 0.29) is 0 Å². The standard InChI is InChI=1S/C18H32O16/c19-1-4-7(22)8(23)12(27)17(31-4)34-15-6(3-21)32-18(13(28)10(15)25)33-14-5(2-20)30-16(29)11(26)9(14)24/h4-29H,1-3H2/t4-,5-,6-,7-,8+,9-,10-,11-,12-,13-,14+,15-,16?,17+,18-/m1/s1. The van der Waals surface area contributed by atoms with Gasteiger partial charge in [-0.3, -0.25) is 0 Å². The minimum Gasteiger partial charge on any atom is -0.394 e. The lowest BCUT2D eigenvalue weighted by atomic mass is 9.96. The molecule has 16 heteroatoms. The van der Waals surface area contributed by atoms with Crippen molar-refractivity contribution in [2.24, 2.45) is 0 Å². The molecule has 3 aliphatic rings. The molecule has 0 aliphatic carbocycles. The Morgan fingerprint density at radius 1 is 0.441 bits per heavy atom. The van der Waals surface area contributed by atoms with Crippen LogP contribution in [0.15, 0.2) is 0 Å². The summed E-state index contributed by atoms with van der Waals surface area (Å²) >= 11 is 0. The molecule has 15 atom stereocenters. The zero-order valence-electron chi connectivity index (χ0n) is 17.7. The molecule has 3 rings (SSSR count). The van der Waals surface area contributed by atoms with Crippen LogP contribution in [-0.2, 0) is 23.7 Å². The Kier molecular flexibility index (Phi) is 9.54. The van der Waals surface area contributed by atoms with Crippen molar-refractivity contribution in [2.75, 3.05) is 19.8 Å². The van der Waals surface area contributed by atoms with Gasteiger partial charge in [-0.25, -0.2) is 0 Å². The predicted molar refractivity (Wildman–Crippen MR) is 101 cm³/mol. The second-order valence-corrected chi connectivity index (χ2v) is 8.33. The molecule has 0 radical (unpaired) electrons. The summed E-state index contributed by atoms with van der Waals surface area (Å²) in [5.74, 6) is 0. The van der Waals surface area contributed by atoms with Gasteiger partial charge in [-0.1, -0.05) is 0 Å². The number of aliphatic hydroxyl groups is 11. The third kappa shape index (κ3) is 5.37. The van der Waals surface area contributed by atoms with Gasteiger partial charge in [0, 0.05) is 0 Å². The van der Waals surface area contributed by atoms with Crippen LogP contribution >= 0.6 is 0 Å². The van der Waals surface area contributed by atoms with Gasteiger partial charge in [-0.2, -0.15) is 0 Å². The van der Waals surface area contributed by atoms with Crippen LogP contribution in [-0.4, -0.2) is 168 Å². The van der Waals surface area contributed by atoms with Crippen molar-refractivity contribution in [3.05, 3.63) is 0 Å². The van der Waals surface area contributed by atoms with Gasteiger partial charge < -0.3 is 79.9 Å². The molecule has 0 spiro atoms. The van der Waals surface area contributed by atoms with Gasteiger partial charge in [-0.05, 0) is 0 Å². The van der Waals surface area contributed by atoms with Crippen molar-refractivity contribution >= 4 is 0 Å². The Labute approximate surface area is 192 Å². The Balaban J connectivity index is 1.72. The van der Waals surface area contributed by atoms with E-state index in [9.17, 15) is 56.2 Å². The van der Waals surface area contributed by atoms with Crippen LogP contribution in [0.1, 0.15) is 0 Å². The first kappa shape index (κ1) is 27.9. The van der Waals surface area contributed by atoms with Crippen molar-refractivity contribution in [3.63, 3.8) is 0 Å². The molecule has 3 saturated heterocycles. The lowest BCUT2D eigenvalue weighted by molar-refractivity contribution is -0.377. The second-order valence-electron chi connectivity index (χ2n) is 8.33. The third-order valence-electron chi connectivity index (χ3n) is 6.09. The number of hydrogen-bond donors (Lipinski definition) is 11. The fourth-order valence-corrected chi connectivity index (χ4v) is 4.06. The monoisotopic (exact) mass is 504 g/mol. The van der Waals surface area contributed by atoms with E-state index in [0.717, 1.165) is 0 Å². The minimum absolute atomic E-state index is 0.741. The highest BCUT2D eigenvalue weighted by Gasteiger charge is 2.53. The second kappa shape index (κ2) is 11.6. The van der Waals surface area contributed by atoms with E-state index in [2.05, 4.69) is 0 Å². The van der Waals surface area contributed by atoms with Crippen molar-refractivity contribution in [2.45, 2.75) is 92.1 Å². The first-order valence-electron chi connectivity index (χ1n) is 10.6. The maximum absolute atomic E-state index is 10.6. The summed E-state index contributed by atoms with van der Waals surface area (Å²) in [5, 5.41) is 109. The molecule has 3 fully saturated rings. The highest BCUT2D eigenvalue weighted by molar-refractivity contribution is 4.96. The average Bonchev–Trinajstić information content (AvgIpc) is 2.83. The van der Waals surface area contributed by atoms with Gasteiger partial charge >= 0.3 is 0 Å². The van der Waals surface area contributed by atoms with E-state index in [0.29, 0.717) is 0 Å². The summed E-state index contributed by atoms with van der Waals surface area (Å²) in [7, 11) is 0. The maximum atomic E-state index is 10.6. The molecule has 200 valence electrons. The zero-order valence-corrected chi connectivity index (χ0v) is 17.7. The lowest BCUT2D eigenvalue weighted by Gasteiger charge is -2.47. The molecular formula is C18H32O16. The topological polar surface area (TPSA) is 269 Å². The SMILES string of the molecule is OC[C@H]1O[C@@H](O[C@H]2[C@H](O)[C@@H](O)[C@@H](O[C@@H]3[C@H](O)[C@@H](O)C(O)O[C@@H]3CO)O[C@@H]2CO)[C@H](O)[C@@H](O)[C@@H]1O. The van der Waals surface area contributed by atoms with Crippen LogP contribution in [0.3, 0.4) is 0 Å². The Hall–Kier alpha value is -0.640. The fraction of sp³-hybridized carbons (Fsp3) is 1.00. The lowest BCUT2D eigenvalue weighted by Crippen LogP contribution is -2.66. The first-order chi connectivity index (χ1) is 16.0. The molecule has 11 N–H and O–H groups in total. The highest BCUT2D eigenvalue weighted by Crippen LogP contribution is 2.32. The van der Waals surface area contributed by atoms with Crippen LogP contribution in [0.5, 0.6) is 0 Å². The van der Waals surface area contributed by atoms with E-state index in [4.69, 9.17) is 23.7 Å². The van der Waals surface area contributed by atoms with Gasteiger partial charge in [0.2, 0.25) is 0 Å². The van der Waals surface area contributed by atoms with Crippen molar-refractivity contribution < 1.29 is 79.9 Å². The molecule has 1 unspecified atom stereocenters. The summed E-state index contributed by atoms with van der Waals surface area (Å²) < 4.78 is 26.4. The summed E-state index contributed by atoms with van der Waals surface area (Å²) in [6, 6.07) is 0. The van der Waals surface area contributed by atoms with Gasteiger partial charge in [0.1, 0.15) is 73.2 Å². The normalized spacial score (nSPS) is 52.5. The zero-order chi connectivity index (χ0) is 25.3. The molecule has 16 nitrogen and oxygen atoms in total. The molecule has 3 aliphatic heterocycles. The van der Waals surface area contributed by atoms with E-state index < -0.39 is 112 Å². The minimum atomic E-state index is -1.91. The molecular weight excluding hydrogens is 472 g/mol. The fourth-order valence-electron chi connectivity index (χ4n) is 4.06. The number of rotatable bonds is 7. The van der Waals surface area contributed by atoms with E-state index >= 15 is 0 Å². The van der Waals surface area contributed by atoms with Gasteiger partial charge in [0.25, 0.3) is 0 Å². The average molecular weight is 504 g/mol. The maximum Gasteiger partial charge on any atom is 0.187 e.